The van der Waals surface area contributed by atoms with Crippen molar-refractivity contribution < 1.29 is 14.4 Å². The van der Waals surface area contributed by atoms with Crippen LogP contribution >= 0.6 is 11.8 Å². The van der Waals surface area contributed by atoms with Crippen molar-refractivity contribution in [1.29, 1.82) is 0 Å². The number of hydrogen-bond acceptors (Lipinski definition) is 4. The van der Waals surface area contributed by atoms with Gasteiger partial charge in [-0.2, -0.15) is 0 Å². The van der Waals surface area contributed by atoms with Gasteiger partial charge in [0.05, 0.1) is 5.56 Å². The lowest BCUT2D eigenvalue weighted by Gasteiger charge is -2.21. The summed E-state index contributed by atoms with van der Waals surface area (Å²) < 4.78 is 0. The number of nitrogens with one attached hydrogen (secondary N) is 1. The minimum Gasteiger partial charge on any atom is -0.368 e. The fourth-order valence-electron chi connectivity index (χ4n) is 2.08. The largest absolute Gasteiger partial charge is 0.368 e. The van der Waals surface area contributed by atoms with E-state index in [-0.39, 0.29) is 11.0 Å². The van der Waals surface area contributed by atoms with Crippen molar-refractivity contribution in [3.63, 3.8) is 0 Å². The lowest BCUT2D eigenvalue weighted by molar-refractivity contribution is -0.120. The van der Waals surface area contributed by atoms with Crippen molar-refractivity contribution in [3.05, 3.63) is 29.8 Å². The van der Waals surface area contributed by atoms with Gasteiger partial charge in [0, 0.05) is 10.3 Å². The number of carbonyl (C=O) groups excluding carboxylic acids is 3. The van der Waals surface area contributed by atoms with E-state index < -0.39 is 23.3 Å². The SMILES string of the molecule is CCC(C)(C)C(=O)Sc1ccccc1C(=O)N[C@@H](CC(C)C)C(N)=O. The number of thioether (sulfide) groups is 1. The molecular formula is C19H28N2O3S. The van der Waals surface area contributed by atoms with Crippen molar-refractivity contribution in [2.75, 3.05) is 0 Å². The Morgan fingerprint density at radius 3 is 2.32 bits per heavy atom. The third-order valence-corrected chi connectivity index (χ3v) is 5.44. The minimum absolute atomic E-state index is 0.00359. The van der Waals surface area contributed by atoms with Crippen LogP contribution in [0.2, 0.25) is 0 Å². The highest BCUT2D eigenvalue weighted by Crippen LogP contribution is 2.33. The minimum atomic E-state index is -0.728. The first-order chi connectivity index (χ1) is 11.6. The molecule has 138 valence electrons. The maximum Gasteiger partial charge on any atom is 0.253 e. The average Bonchev–Trinajstić information content (AvgIpc) is 2.53. The molecule has 3 N–H and O–H groups in total. The molecule has 0 bridgehead atoms. The molecule has 0 aromatic heterocycles. The molecule has 0 saturated heterocycles. The standard InChI is InChI=1S/C19H28N2O3S/c1-6-19(4,5)18(24)25-15-10-8-7-9-13(15)17(23)21-14(16(20)22)11-12(2)3/h7-10,12,14H,6,11H2,1-5H3,(H2,20,22)(H,21,23)/t14-/m0/s1. The zero-order valence-corrected chi connectivity index (χ0v) is 16.4. The first-order valence-corrected chi connectivity index (χ1v) is 9.31. The van der Waals surface area contributed by atoms with Crippen LogP contribution in [0.1, 0.15) is 57.8 Å². The van der Waals surface area contributed by atoms with E-state index in [0.717, 1.165) is 11.8 Å². The van der Waals surface area contributed by atoms with E-state index >= 15 is 0 Å². The molecule has 2 amide bonds. The van der Waals surface area contributed by atoms with Crippen LogP contribution in [0, 0.1) is 11.3 Å². The molecule has 1 aromatic rings. The van der Waals surface area contributed by atoms with E-state index in [4.69, 9.17) is 5.73 Å². The normalized spacial score (nSPS) is 12.7. The van der Waals surface area contributed by atoms with Gasteiger partial charge in [0.15, 0.2) is 5.12 Å². The topological polar surface area (TPSA) is 89.3 Å². The predicted molar refractivity (Wildman–Crippen MR) is 101 cm³/mol. The van der Waals surface area contributed by atoms with Gasteiger partial charge in [-0.3, -0.25) is 14.4 Å². The molecule has 0 fully saturated rings. The fraction of sp³-hybridized carbons (Fsp3) is 0.526. The molecule has 0 aliphatic carbocycles. The van der Waals surface area contributed by atoms with Crippen LogP contribution in [0.4, 0.5) is 0 Å². The monoisotopic (exact) mass is 364 g/mol. The number of primary amides is 1. The molecule has 0 saturated carbocycles. The number of rotatable bonds is 8. The summed E-state index contributed by atoms with van der Waals surface area (Å²) in [5, 5.41) is 2.70. The van der Waals surface area contributed by atoms with Crippen molar-refractivity contribution in [1.82, 2.24) is 5.32 Å². The molecule has 5 nitrogen and oxygen atoms in total. The van der Waals surface area contributed by atoms with Gasteiger partial charge in [-0.1, -0.05) is 58.5 Å². The second-order valence-corrected chi connectivity index (χ2v) is 8.20. The second kappa shape index (κ2) is 9.04. The Kier molecular flexibility index (Phi) is 7.67. The van der Waals surface area contributed by atoms with Crippen LogP contribution in [0.25, 0.3) is 0 Å². The molecule has 1 atom stereocenters. The van der Waals surface area contributed by atoms with Gasteiger partial charge >= 0.3 is 0 Å². The molecule has 1 rings (SSSR count). The Bertz CT molecular complexity index is 641. The van der Waals surface area contributed by atoms with Crippen molar-refractivity contribution in [2.45, 2.75) is 58.4 Å². The van der Waals surface area contributed by atoms with Crippen LogP contribution in [-0.4, -0.2) is 23.0 Å². The lowest BCUT2D eigenvalue weighted by Crippen LogP contribution is -2.45. The van der Waals surface area contributed by atoms with Crippen molar-refractivity contribution >= 4 is 28.7 Å². The highest BCUT2D eigenvalue weighted by molar-refractivity contribution is 8.13. The Hall–Kier alpha value is -1.82. The van der Waals surface area contributed by atoms with E-state index in [1.807, 2.05) is 34.6 Å². The number of benzene rings is 1. The number of nitrogens with two attached hydrogens (primary N) is 1. The molecule has 6 heteroatoms. The van der Waals surface area contributed by atoms with Crippen molar-refractivity contribution in [2.24, 2.45) is 17.1 Å². The fourth-order valence-corrected chi connectivity index (χ4v) is 3.12. The number of carbonyl (C=O) groups is 3. The van der Waals surface area contributed by atoms with Gasteiger partial charge < -0.3 is 11.1 Å². The maximum absolute atomic E-state index is 12.6. The third kappa shape index (κ3) is 6.20. The van der Waals surface area contributed by atoms with Crippen LogP contribution in [0.3, 0.4) is 0 Å². The lowest BCUT2D eigenvalue weighted by atomic mass is 9.92. The summed E-state index contributed by atoms with van der Waals surface area (Å²) in [7, 11) is 0. The first-order valence-electron chi connectivity index (χ1n) is 8.50. The Morgan fingerprint density at radius 1 is 1.20 bits per heavy atom. The molecule has 1 aromatic carbocycles. The molecule has 25 heavy (non-hydrogen) atoms. The highest BCUT2D eigenvalue weighted by atomic mass is 32.2. The summed E-state index contributed by atoms with van der Waals surface area (Å²) in [6.45, 7) is 9.64. The van der Waals surface area contributed by atoms with Crippen LogP contribution in [-0.2, 0) is 9.59 Å². The van der Waals surface area contributed by atoms with Gasteiger partial charge in [0.1, 0.15) is 6.04 Å². The van der Waals surface area contributed by atoms with Gasteiger partial charge in [0.25, 0.3) is 5.91 Å². The van der Waals surface area contributed by atoms with Crippen LogP contribution in [0.15, 0.2) is 29.2 Å². The summed E-state index contributed by atoms with van der Waals surface area (Å²) in [5.41, 5.74) is 5.30. The first kappa shape index (κ1) is 21.2. The second-order valence-electron chi connectivity index (χ2n) is 7.18. The van der Waals surface area contributed by atoms with Gasteiger partial charge in [0.2, 0.25) is 5.91 Å². The van der Waals surface area contributed by atoms with E-state index in [1.165, 1.54) is 0 Å². The van der Waals surface area contributed by atoms with E-state index in [9.17, 15) is 14.4 Å². The molecular weight excluding hydrogens is 336 g/mol. The van der Waals surface area contributed by atoms with E-state index in [2.05, 4.69) is 5.32 Å². The summed E-state index contributed by atoms with van der Waals surface area (Å²) in [4.78, 5) is 37.3. The van der Waals surface area contributed by atoms with Crippen molar-refractivity contribution in [3.8, 4) is 0 Å². The molecule has 0 aliphatic rings. The van der Waals surface area contributed by atoms with Crippen LogP contribution < -0.4 is 11.1 Å². The Balaban J connectivity index is 3.00. The average molecular weight is 365 g/mol. The van der Waals surface area contributed by atoms with Crippen LogP contribution in [0.5, 0.6) is 0 Å². The quantitative estimate of drug-likeness (QED) is 0.692. The summed E-state index contributed by atoms with van der Waals surface area (Å²) in [6, 6.07) is 6.18. The van der Waals surface area contributed by atoms with E-state index in [0.29, 0.717) is 23.3 Å². The zero-order chi connectivity index (χ0) is 19.2. The number of amides is 2. The summed E-state index contributed by atoms with van der Waals surface area (Å²) in [5.74, 6) is -0.737. The van der Waals surface area contributed by atoms with Gasteiger partial charge in [-0.25, -0.2) is 0 Å². The molecule has 0 radical (unpaired) electrons. The Labute approximate surface area is 154 Å². The van der Waals surface area contributed by atoms with E-state index in [1.54, 1.807) is 24.3 Å². The zero-order valence-electron chi connectivity index (χ0n) is 15.6. The Morgan fingerprint density at radius 2 is 1.80 bits per heavy atom. The summed E-state index contributed by atoms with van der Waals surface area (Å²) in [6.07, 6.45) is 1.18. The molecule has 0 spiro atoms. The maximum atomic E-state index is 12.6. The predicted octanol–water partition coefficient (Wildman–Crippen LogP) is 3.37. The smallest absolute Gasteiger partial charge is 0.253 e. The number of hydrogen-bond donors (Lipinski definition) is 2. The highest BCUT2D eigenvalue weighted by Gasteiger charge is 2.28. The van der Waals surface area contributed by atoms with Gasteiger partial charge in [-0.05, 0) is 30.9 Å². The molecule has 0 heterocycles. The third-order valence-electron chi connectivity index (χ3n) is 4.13. The van der Waals surface area contributed by atoms with Gasteiger partial charge in [-0.15, -0.1) is 0 Å². The molecule has 0 unspecified atom stereocenters. The summed E-state index contributed by atoms with van der Waals surface area (Å²) >= 11 is 1.06. The molecule has 0 aliphatic heterocycles.